The van der Waals surface area contributed by atoms with Crippen molar-refractivity contribution in [1.82, 2.24) is 0 Å². The van der Waals surface area contributed by atoms with Crippen LogP contribution in [0.25, 0.3) is 0 Å². The van der Waals surface area contributed by atoms with Crippen molar-refractivity contribution in [3.05, 3.63) is 71.8 Å². The van der Waals surface area contributed by atoms with E-state index in [1.54, 1.807) is 0 Å². The van der Waals surface area contributed by atoms with Crippen LogP contribution >= 0.6 is 0 Å². The quantitative estimate of drug-likeness (QED) is 0.364. The van der Waals surface area contributed by atoms with Gasteiger partial charge in [0, 0.05) is 0 Å². The molecule has 1 aliphatic rings. The molecule has 0 N–H and O–H groups in total. The first-order chi connectivity index (χ1) is 16.3. The van der Waals surface area contributed by atoms with Crippen LogP contribution in [0.3, 0.4) is 0 Å². The lowest BCUT2D eigenvalue weighted by Gasteiger charge is -2.28. The monoisotopic (exact) mass is 464 g/mol. The lowest BCUT2D eigenvalue weighted by Crippen LogP contribution is -2.14. The molecule has 0 bridgehead atoms. The third-order valence-electron chi connectivity index (χ3n) is 7.27. The Balaban J connectivity index is 0.000000285. The van der Waals surface area contributed by atoms with Crippen molar-refractivity contribution in [1.29, 1.82) is 0 Å². The Kier molecular flexibility index (Phi) is 16.0. The van der Waals surface area contributed by atoms with Crippen LogP contribution in [0.2, 0.25) is 0 Å². The van der Waals surface area contributed by atoms with Crippen molar-refractivity contribution >= 4 is 0 Å². The lowest BCUT2D eigenvalue weighted by atomic mass is 9.78. The molecule has 0 aliphatic heterocycles. The predicted molar refractivity (Wildman–Crippen MR) is 155 cm³/mol. The smallest absolute Gasteiger partial charge is 0.0132 e. The second kappa shape index (κ2) is 17.8. The SMILES string of the molecule is CC(C)(C)c1ccccc1.CCCCC(CCC)CCC1CCCC(C)C1.Cc1ccccc1. The lowest BCUT2D eigenvalue weighted by molar-refractivity contribution is 0.246. The minimum absolute atomic E-state index is 0.293. The van der Waals surface area contributed by atoms with E-state index in [1.807, 2.05) is 18.2 Å². The van der Waals surface area contributed by atoms with Crippen LogP contribution in [-0.2, 0) is 5.41 Å². The van der Waals surface area contributed by atoms with Gasteiger partial charge in [-0.3, -0.25) is 0 Å². The molecule has 0 spiro atoms. The molecule has 0 amide bonds. The average Bonchev–Trinajstić information content (AvgIpc) is 2.82. The summed E-state index contributed by atoms with van der Waals surface area (Å²) in [5.41, 5.74) is 3.01. The minimum atomic E-state index is 0.293. The average molecular weight is 465 g/mol. The zero-order chi connectivity index (χ0) is 25.2. The van der Waals surface area contributed by atoms with Gasteiger partial charge in [-0.1, -0.05) is 172 Å². The summed E-state index contributed by atoms with van der Waals surface area (Å²) < 4.78 is 0. The van der Waals surface area contributed by atoms with Crippen molar-refractivity contribution < 1.29 is 0 Å². The molecule has 0 saturated heterocycles. The van der Waals surface area contributed by atoms with Crippen LogP contribution in [0.4, 0.5) is 0 Å². The zero-order valence-corrected chi connectivity index (χ0v) is 23.8. The molecule has 2 aromatic rings. The zero-order valence-electron chi connectivity index (χ0n) is 23.8. The first-order valence-electron chi connectivity index (χ1n) is 14.3. The van der Waals surface area contributed by atoms with Gasteiger partial charge in [0.05, 0.1) is 0 Å². The van der Waals surface area contributed by atoms with E-state index in [9.17, 15) is 0 Å². The molecule has 0 heteroatoms. The highest BCUT2D eigenvalue weighted by Gasteiger charge is 2.19. The van der Waals surface area contributed by atoms with Crippen molar-refractivity contribution in [2.75, 3.05) is 0 Å². The van der Waals surface area contributed by atoms with Crippen LogP contribution in [0, 0.1) is 24.7 Å². The highest BCUT2D eigenvalue weighted by Crippen LogP contribution is 2.33. The Bertz CT molecular complexity index is 694. The van der Waals surface area contributed by atoms with Gasteiger partial charge in [-0.25, -0.2) is 0 Å². The van der Waals surface area contributed by atoms with Crippen LogP contribution in [0.5, 0.6) is 0 Å². The van der Waals surface area contributed by atoms with Crippen molar-refractivity contribution in [3.63, 3.8) is 0 Å². The summed E-state index contributed by atoms with van der Waals surface area (Å²) in [6, 6.07) is 20.8. The number of hydrogen-bond donors (Lipinski definition) is 0. The van der Waals surface area contributed by atoms with Gasteiger partial charge < -0.3 is 0 Å². The van der Waals surface area contributed by atoms with Crippen LogP contribution in [0.1, 0.15) is 123 Å². The fourth-order valence-electron chi connectivity index (χ4n) is 5.10. The Morgan fingerprint density at radius 3 is 1.85 bits per heavy atom. The Labute approximate surface area is 214 Å². The van der Waals surface area contributed by atoms with E-state index in [1.165, 1.54) is 81.8 Å². The van der Waals surface area contributed by atoms with E-state index in [0.29, 0.717) is 5.41 Å². The second-order valence-corrected chi connectivity index (χ2v) is 11.8. The summed E-state index contributed by atoms with van der Waals surface area (Å²) in [6.45, 7) is 15.9. The summed E-state index contributed by atoms with van der Waals surface area (Å²) >= 11 is 0. The third kappa shape index (κ3) is 14.6. The van der Waals surface area contributed by atoms with Crippen molar-refractivity contribution in [3.8, 4) is 0 Å². The number of rotatable bonds is 8. The van der Waals surface area contributed by atoms with Crippen LogP contribution in [0.15, 0.2) is 60.7 Å². The first kappa shape index (κ1) is 30.5. The van der Waals surface area contributed by atoms with Gasteiger partial charge in [0.15, 0.2) is 0 Å². The minimum Gasteiger partial charge on any atom is -0.0654 e. The molecule has 1 aliphatic carbocycles. The van der Waals surface area contributed by atoms with Gasteiger partial charge in [0.25, 0.3) is 0 Å². The van der Waals surface area contributed by atoms with Gasteiger partial charge >= 0.3 is 0 Å². The van der Waals surface area contributed by atoms with E-state index in [-0.39, 0.29) is 0 Å². The fraction of sp³-hybridized carbons (Fsp3) is 0.647. The third-order valence-corrected chi connectivity index (χ3v) is 7.27. The molecular weight excluding hydrogens is 408 g/mol. The molecule has 192 valence electrons. The Hall–Kier alpha value is -1.56. The molecule has 2 aromatic carbocycles. The van der Waals surface area contributed by atoms with Crippen LogP contribution in [-0.4, -0.2) is 0 Å². The summed E-state index contributed by atoms with van der Waals surface area (Å²) in [4.78, 5) is 0. The van der Waals surface area contributed by atoms with Gasteiger partial charge in [0.2, 0.25) is 0 Å². The van der Waals surface area contributed by atoms with Gasteiger partial charge in [0.1, 0.15) is 0 Å². The normalized spacial score (nSPS) is 18.7. The molecular formula is C34H56. The van der Waals surface area contributed by atoms with Crippen molar-refractivity contribution in [2.45, 2.75) is 125 Å². The second-order valence-electron chi connectivity index (χ2n) is 11.8. The van der Waals surface area contributed by atoms with E-state index < -0.39 is 0 Å². The molecule has 3 unspecified atom stereocenters. The summed E-state index contributed by atoms with van der Waals surface area (Å²) in [7, 11) is 0. The number of aryl methyl sites for hydroxylation is 1. The number of hydrogen-bond acceptors (Lipinski definition) is 0. The molecule has 1 fully saturated rings. The molecule has 1 saturated carbocycles. The van der Waals surface area contributed by atoms with E-state index in [2.05, 4.69) is 90.9 Å². The highest BCUT2D eigenvalue weighted by molar-refractivity contribution is 5.22. The highest BCUT2D eigenvalue weighted by atomic mass is 14.3. The summed E-state index contributed by atoms with van der Waals surface area (Å²) in [5.74, 6) is 3.12. The topological polar surface area (TPSA) is 0 Å². The standard InChI is InChI=1S/C17H34.C10H14.C7H8/c1-4-6-10-16(8-5-2)12-13-17-11-7-9-15(3)14-17;1-10(2,3)9-7-5-4-6-8-9;1-7-5-3-2-4-6-7/h15-17H,4-14H2,1-3H3;4-8H,1-3H3;2-6H,1H3. The largest absolute Gasteiger partial charge is 0.0654 e. The molecule has 0 nitrogen and oxygen atoms in total. The Morgan fingerprint density at radius 2 is 1.41 bits per heavy atom. The van der Waals surface area contributed by atoms with Crippen LogP contribution < -0.4 is 0 Å². The van der Waals surface area contributed by atoms with Gasteiger partial charge in [-0.05, 0) is 42.1 Å². The van der Waals surface area contributed by atoms with Gasteiger partial charge in [-0.2, -0.15) is 0 Å². The Morgan fingerprint density at radius 1 is 0.794 bits per heavy atom. The summed E-state index contributed by atoms with van der Waals surface area (Å²) in [6.07, 6.45) is 16.3. The van der Waals surface area contributed by atoms with Crippen molar-refractivity contribution in [2.24, 2.45) is 17.8 Å². The van der Waals surface area contributed by atoms with E-state index in [4.69, 9.17) is 0 Å². The van der Waals surface area contributed by atoms with Gasteiger partial charge in [-0.15, -0.1) is 0 Å². The maximum atomic E-state index is 2.45. The number of benzene rings is 2. The molecule has 0 radical (unpaired) electrons. The number of unbranched alkanes of at least 4 members (excludes halogenated alkanes) is 1. The predicted octanol–water partition coefficient (Wildman–Crippen LogP) is 11.2. The molecule has 0 heterocycles. The molecule has 0 aromatic heterocycles. The summed E-state index contributed by atoms with van der Waals surface area (Å²) in [5, 5.41) is 0. The first-order valence-corrected chi connectivity index (χ1v) is 14.3. The molecule has 3 atom stereocenters. The maximum absolute atomic E-state index is 2.45. The maximum Gasteiger partial charge on any atom is -0.0132 e. The van der Waals surface area contributed by atoms with E-state index >= 15 is 0 Å². The van der Waals surface area contributed by atoms with E-state index in [0.717, 1.165) is 17.8 Å². The molecule has 34 heavy (non-hydrogen) atoms. The fourth-order valence-corrected chi connectivity index (χ4v) is 5.10. The molecule has 3 rings (SSSR count).